The summed E-state index contributed by atoms with van der Waals surface area (Å²) in [6.07, 6.45) is 4.66. The van der Waals surface area contributed by atoms with E-state index >= 15 is 0 Å². The topological polar surface area (TPSA) is 12.0 Å². The molecule has 1 aliphatic heterocycles. The molecule has 3 heteroatoms. The number of rotatable bonds is 2. The fourth-order valence-electron chi connectivity index (χ4n) is 2.06. The molecule has 2 rings (SSSR count). The number of piperidine rings is 1. The largest absolute Gasteiger partial charge is 0.314 e. The SMILES string of the molecule is Fc1ccc(Br)c(CC2CCCCN2)c1. The van der Waals surface area contributed by atoms with Gasteiger partial charge < -0.3 is 5.32 Å². The Kier molecular flexibility index (Phi) is 3.76. The molecule has 1 unspecified atom stereocenters. The summed E-state index contributed by atoms with van der Waals surface area (Å²) in [5.41, 5.74) is 1.06. The van der Waals surface area contributed by atoms with E-state index in [1.165, 1.54) is 25.3 Å². The summed E-state index contributed by atoms with van der Waals surface area (Å²) < 4.78 is 14.1. The first kappa shape index (κ1) is 11.1. The van der Waals surface area contributed by atoms with E-state index in [9.17, 15) is 4.39 Å². The number of halogens is 2. The Morgan fingerprint density at radius 2 is 2.27 bits per heavy atom. The maximum absolute atomic E-state index is 13.1. The maximum Gasteiger partial charge on any atom is 0.123 e. The highest BCUT2D eigenvalue weighted by Gasteiger charge is 2.14. The molecule has 0 spiro atoms. The second kappa shape index (κ2) is 5.08. The minimum atomic E-state index is -0.149. The van der Waals surface area contributed by atoms with Gasteiger partial charge in [-0.1, -0.05) is 22.4 Å². The molecule has 0 bridgehead atoms. The molecule has 1 saturated heterocycles. The third-order valence-electron chi connectivity index (χ3n) is 2.89. The molecule has 0 radical (unpaired) electrons. The van der Waals surface area contributed by atoms with Crippen LogP contribution in [-0.2, 0) is 6.42 Å². The van der Waals surface area contributed by atoms with Crippen LogP contribution >= 0.6 is 15.9 Å². The van der Waals surface area contributed by atoms with Gasteiger partial charge in [0.05, 0.1) is 0 Å². The van der Waals surface area contributed by atoms with Crippen molar-refractivity contribution in [3.8, 4) is 0 Å². The molecule has 0 aromatic heterocycles. The minimum Gasteiger partial charge on any atom is -0.314 e. The highest BCUT2D eigenvalue weighted by atomic mass is 79.9. The summed E-state index contributed by atoms with van der Waals surface area (Å²) in [5.74, 6) is -0.149. The first-order valence-electron chi connectivity index (χ1n) is 5.43. The quantitative estimate of drug-likeness (QED) is 0.871. The molecular weight excluding hydrogens is 257 g/mol. The van der Waals surface area contributed by atoms with E-state index in [2.05, 4.69) is 21.2 Å². The molecule has 0 amide bonds. The molecule has 1 aromatic carbocycles. The van der Waals surface area contributed by atoms with Crippen LogP contribution in [0.15, 0.2) is 22.7 Å². The van der Waals surface area contributed by atoms with Crippen molar-refractivity contribution in [1.29, 1.82) is 0 Å². The lowest BCUT2D eigenvalue weighted by atomic mass is 9.98. The standard InChI is InChI=1S/C12H15BrFN/c13-12-5-4-10(14)7-9(12)8-11-3-1-2-6-15-11/h4-5,7,11,15H,1-3,6,8H2. The molecule has 1 aliphatic rings. The molecule has 1 atom stereocenters. The zero-order chi connectivity index (χ0) is 10.7. The predicted octanol–water partition coefficient (Wildman–Crippen LogP) is 3.27. The van der Waals surface area contributed by atoms with Crippen LogP contribution in [0.2, 0.25) is 0 Å². The monoisotopic (exact) mass is 271 g/mol. The average molecular weight is 272 g/mol. The molecule has 82 valence electrons. The van der Waals surface area contributed by atoms with E-state index in [1.54, 1.807) is 12.1 Å². The van der Waals surface area contributed by atoms with Crippen molar-refractivity contribution in [2.24, 2.45) is 0 Å². The van der Waals surface area contributed by atoms with Gasteiger partial charge in [-0.15, -0.1) is 0 Å². The van der Waals surface area contributed by atoms with E-state index in [1.807, 2.05) is 0 Å². The van der Waals surface area contributed by atoms with Gasteiger partial charge in [-0.3, -0.25) is 0 Å². The molecule has 0 saturated carbocycles. The summed E-state index contributed by atoms with van der Waals surface area (Å²) in [5, 5.41) is 3.47. The first-order valence-corrected chi connectivity index (χ1v) is 6.22. The third-order valence-corrected chi connectivity index (χ3v) is 3.66. The zero-order valence-corrected chi connectivity index (χ0v) is 10.2. The van der Waals surface area contributed by atoms with Crippen molar-refractivity contribution in [3.63, 3.8) is 0 Å². The molecular formula is C12H15BrFN. The van der Waals surface area contributed by atoms with Gasteiger partial charge in [0, 0.05) is 10.5 Å². The smallest absolute Gasteiger partial charge is 0.123 e. The highest BCUT2D eigenvalue weighted by Crippen LogP contribution is 2.21. The van der Waals surface area contributed by atoms with Crippen molar-refractivity contribution >= 4 is 15.9 Å². The van der Waals surface area contributed by atoms with Crippen molar-refractivity contribution in [2.75, 3.05) is 6.54 Å². The van der Waals surface area contributed by atoms with E-state index < -0.39 is 0 Å². The Bertz CT molecular complexity index is 334. The lowest BCUT2D eigenvalue weighted by Gasteiger charge is -2.23. The van der Waals surface area contributed by atoms with E-state index in [0.717, 1.165) is 23.0 Å². The number of nitrogens with one attached hydrogen (secondary N) is 1. The van der Waals surface area contributed by atoms with Gasteiger partial charge in [0.25, 0.3) is 0 Å². The van der Waals surface area contributed by atoms with Crippen LogP contribution in [0.5, 0.6) is 0 Å². The number of hydrogen-bond donors (Lipinski definition) is 1. The lowest BCUT2D eigenvalue weighted by Crippen LogP contribution is -2.35. The summed E-state index contributed by atoms with van der Waals surface area (Å²) in [6, 6.07) is 5.41. The second-order valence-electron chi connectivity index (χ2n) is 4.09. The van der Waals surface area contributed by atoms with Crippen molar-refractivity contribution < 1.29 is 4.39 Å². The predicted molar refractivity (Wildman–Crippen MR) is 63.4 cm³/mol. The second-order valence-corrected chi connectivity index (χ2v) is 4.94. The lowest BCUT2D eigenvalue weighted by molar-refractivity contribution is 0.398. The molecule has 1 fully saturated rings. The normalized spacial score (nSPS) is 21.6. The van der Waals surface area contributed by atoms with Gasteiger partial charge in [-0.25, -0.2) is 4.39 Å². The Hall–Kier alpha value is -0.410. The zero-order valence-electron chi connectivity index (χ0n) is 8.60. The van der Waals surface area contributed by atoms with Crippen LogP contribution < -0.4 is 5.32 Å². The van der Waals surface area contributed by atoms with Gasteiger partial charge in [0.1, 0.15) is 5.82 Å². The Balaban J connectivity index is 2.05. The Morgan fingerprint density at radius 1 is 1.40 bits per heavy atom. The van der Waals surface area contributed by atoms with Crippen LogP contribution in [0.25, 0.3) is 0 Å². The average Bonchev–Trinajstić information content (AvgIpc) is 2.25. The molecule has 1 heterocycles. The van der Waals surface area contributed by atoms with Gasteiger partial charge in [0.15, 0.2) is 0 Å². The van der Waals surface area contributed by atoms with Crippen LogP contribution in [0.1, 0.15) is 24.8 Å². The van der Waals surface area contributed by atoms with E-state index in [0.29, 0.717) is 6.04 Å². The van der Waals surface area contributed by atoms with Gasteiger partial charge >= 0.3 is 0 Å². The fraction of sp³-hybridized carbons (Fsp3) is 0.500. The summed E-state index contributed by atoms with van der Waals surface area (Å²) in [4.78, 5) is 0. The van der Waals surface area contributed by atoms with Crippen LogP contribution in [0.4, 0.5) is 4.39 Å². The molecule has 1 aromatic rings. The summed E-state index contributed by atoms with van der Waals surface area (Å²) >= 11 is 3.46. The van der Waals surface area contributed by atoms with E-state index in [4.69, 9.17) is 0 Å². The summed E-state index contributed by atoms with van der Waals surface area (Å²) in [7, 11) is 0. The first-order chi connectivity index (χ1) is 7.25. The molecule has 0 aliphatic carbocycles. The molecule has 1 N–H and O–H groups in total. The molecule has 15 heavy (non-hydrogen) atoms. The Morgan fingerprint density at radius 3 is 3.00 bits per heavy atom. The van der Waals surface area contributed by atoms with Crippen LogP contribution in [0, 0.1) is 5.82 Å². The number of hydrogen-bond acceptors (Lipinski definition) is 1. The number of benzene rings is 1. The highest BCUT2D eigenvalue weighted by molar-refractivity contribution is 9.10. The van der Waals surface area contributed by atoms with Crippen molar-refractivity contribution in [1.82, 2.24) is 5.32 Å². The van der Waals surface area contributed by atoms with E-state index in [-0.39, 0.29) is 5.82 Å². The van der Waals surface area contributed by atoms with Crippen LogP contribution in [0.3, 0.4) is 0 Å². The van der Waals surface area contributed by atoms with Gasteiger partial charge in [0.2, 0.25) is 0 Å². The van der Waals surface area contributed by atoms with Gasteiger partial charge in [-0.2, -0.15) is 0 Å². The fourth-order valence-corrected chi connectivity index (χ4v) is 2.47. The Labute approximate surface area is 98.2 Å². The van der Waals surface area contributed by atoms with Gasteiger partial charge in [-0.05, 0) is 49.6 Å². The van der Waals surface area contributed by atoms with Crippen molar-refractivity contribution in [2.45, 2.75) is 31.7 Å². The third kappa shape index (κ3) is 3.02. The summed E-state index contributed by atoms with van der Waals surface area (Å²) in [6.45, 7) is 1.09. The minimum absolute atomic E-state index is 0.149. The van der Waals surface area contributed by atoms with Crippen LogP contribution in [-0.4, -0.2) is 12.6 Å². The molecule has 1 nitrogen and oxygen atoms in total. The van der Waals surface area contributed by atoms with Crippen molar-refractivity contribution in [3.05, 3.63) is 34.1 Å². The maximum atomic E-state index is 13.1.